The van der Waals surface area contributed by atoms with Crippen molar-refractivity contribution in [2.24, 2.45) is 15.4 Å². The number of halogens is 2. The third-order valence-electron chi connectivity index (χ3n) is 6.18. The van der Waals surface area contributed by atoms with E-state index >= 15 is 0 Å². The summed E-state index contributed by atoms with van der Waals surface area (Å²) in [5, 5.41) is 14.6. The van der Waals surface area contributed by atoms with Crippen molar-refractivity contribution in [3.05, 3.63) is 99.1 Å². The van der Waals surface area contributed by atoms with Crippen LogP contribution in [0.2, 0.25) is 5.02 Å². The lowest BCUT2D eigenvalue weighted by molar-refractivity contribution is 0.0952. The van der Waals surface area contributed by atoms with Gasteiger partial charge in [-0.25, -0.2) is 9.37 Å². The number of imidazole rings is 1. The van der Waals surface area contributed by atoms with Gasteiger partial charge in [0.05, 0.1) is 33.8 Å². The van der Waals surface area contributed by atoms with Gasteiger partial charge in [-0.2, -0.15) is 5.11 Å². The normalized spacial score (nSPS) is 15.6. The Bertz CT molecular complexity index is 1440. The van der Waals surface area contributed by atoms with Crippen LogP contribution < -0.4 is 5.32 Å². The Kier molecular flexibility index (Phi) is 6.13. The van der Waals surface area contributed by atoms with Crippen molar-refractivity contribution in [3.8, 4) is 0 Å². The summed E-state index contributed by atoms with van der Waals surface area (Å²) >= 11 is 6.41. The molecule has 0 saturated carbocycles. The van der Waals surface area contributed by atoms with Gasteiger partial charge in [0.1, 0.15) is 17.7 Å². The number of hydrogen-bond acceptors (Lipinski definition) is 5. The molecule has 1 aromatic heterocycles. The number of fused-ring (bicyclic) bond motifs is 1. The lowest BCUT2D eigenvalue weighted by Crippen LogP contribution is -2.29. The zero-order chi connectivity index (χ0) is 24.5. The van der Waals surface area contributed by atoms with Crippen molar-refractivity contribution in [2.75, 3.05) is 6.54 Å². The molecule has 4 aromatic rings. The number of amides is 1. The molecule has 0 fully saturated rings. The van der Waals surface area contributed by atoms with E-state index in [1.807, 2.05) is 32.0 Å². The molecule has 1 unspecified atom stereocenters. The van der Waals surface area contributed by atoms with Crippen LogP contribution in [-0.2, 0) is 0 Å². The van der Waals surface area contributed by atoms with E-state index in [-0.39, 0.29) is 24.3 Å². The third-order valence-corrected chi connectivity index (χ3v) is 6.49. The second kappa shape index (κ2) is 9.38. The monoisotopic (exact) mass is 488 g/mol. The van der Waals surface area contributed by atoms with Crippen LogP contribution in [0.15, 0.2) is 70.0 Å². The van der Waals surface area contributed by atoms with Crippen molar-refractivity contribution in [3.63, 3.8) is 0 Å². The Morgan fingerprint density at radius 2 is 1.97 bits per heavy atom. The zero-order valence-electron chi connectivity index (χ0n) is 19.1. The summed E-state index contributed by atoms with van der Waals surface area (Å²) in [7, 11) is 0. The highest BCUT2D eigenvalue weighted by Crippen LogP contribution is 2.28. The minimum atomic E-state index is -0.393. The number of aromatic amines is 1. The molecule has 5 rings (SSSR count). The van der Waals surface area contributed by atoms with Crippen LogP contribution in [0.3, 0.4) is 0 Å². The first kappa shape index (κ1) is 22.9. The van der Waals surface area contributed by atoms with Crippen molar-refractivity contribution >= 4 is 34.8 Å². The average molecular weight is 489 g/mol. The number of rotatable bonds is 6. The van der Waals surface area contributed by atoms with E-state index in [1.54, 1.807) is 30.5 Å². The molecule has 2 heterocycles. The summed E-state index contributed by atoms with van der Waals surface area (Å²) in [5.41, 5.74) is 5.81. The lowest BCUT2D eigenvalue weighted by Gasteiger charge is -2.17. The fourth-order valence-corrected chi connectivity index (χ4v) is 4.38. The van der Waals surface area contributed by atoms with E-state index < -0.39 is 5.92 Å². The number of aromatic nitrogens is 2. The van der Waals surface area contributed by atoms with Crippen LogP contribution in [0.4, 0.5) is 4.39 Å². The van der Waals surface area contributed by atoms with E-state index in [0.717, 1.165) is 27.7 Å². The highest BCUT2D eigenvalue weighted by molar-refractivity contribution is 6.34. The quantitative estimate of drug-likeness (QED) is 0.347. The zero-order valence-corrected chi connectivity index (χ0v) is 19.8. The Labute approximate surface area is 206 Å². The Balaban J connectivity index is 1.42. The van der Waals surface area contributed by atoms with Crippen LogP contribution in [0.1, 0.15) is 50.4 Å². The predicted octanol–water partition coefficient (Wildman–Crippen LogP) is 6.03. The number of aryl methyl sites for hydroxylation is 2. The average Bonchev–Trinajstić information content (AvgIpc) is 3.50. The SMILES string of the molecule is Cc1cc2nc(C(CNC(=O)c3ccc([C@@H]4C=NN=N4)cc3Cl)c3cccc(F)c3)[nH]c2cc1C. The van der Waals surface area contributed by atoms with Crippen LogP contribution in [-0.4, -0.2) is 28.6 Å². The first-order valence-corrected chi connectivity index (χ1v) is 11.5. The molecule has 1 aliphatic rings. The minimum absolute atomic E-state index is 0.196. The second-order valence-corrected chi connectivity index (χ2v) is 8.95. The van der Waals surface area contributed by atoms with Gasteiger partial charge in [0.2, 0.25) is 0 Å². The molecule has 0 radical (unpaired) electrons. The maximum Gasteiger partial charge on any atom is 0.252 e. The number of H-pyrrole nitrogens is 1. The summed E-state index contributed by atoms with van der Waals surface area (Å²) in [5.74, 6) is -0.445. The van der Waals surface area contributed by atoms with Crippen LogP contribution in [0.25, 0.3) is 11.0 Å². The minimum Gasteiger partial charge on any atom is -0.351 e. The standard InChI is InChI=1S/C26H22ClFN6O/c1-14-8-22-23(9-15(14)2)32-25(31-22)20(16-4-3-5-18(28)10-16)12-29-26(35)19-7-6-17(11-21(19)27)24-13-30-34-33-24/h3-11,13,20,24H,12H2,1-2H3,(H,29,35)(H,31,32)/t20?,24-/m0/s1. The molecule has 35 heavy (non-hydrogen) atoms. The molecule has 0 aliphatic carbocycles. The molecule has 0 bridgehead atoms. The number of nitrogens with zero attached hydrogens (tertiary/aromatic N) is 4. The fraction of sp³-hybridized carbons (Fsp3) is 0.192. The Hall–Kier alpha value is -3.91. The highest BCUT2D eigenvalue weighted by atomic mass is 35.5. The maximum absolute atomic E-state index is 14.1. The number of nitrogens with one attached hydrogen (secondary N) is 2. The smallest absolute Gasteiger partial charge is 0.252 e. The predicted molar refractivity (Wildman–Crippen MR) is 134 cm³/mol. The van der Waals surface area contributed by atoms with Gasteiger partial charge in [0.25, 0.3) is 5.91 Å². The summed E-state index contributed by atoms with van der Waals surface area (Å²) < 4.78 is 14.1. The van der Waals surface area contributed by atoms with Gasteiger partial charge in [-0.15, -0.1) is 5.10 Å². The molecular weight excluding hydrogens is 467 g/mol. The fourth-order valence-electron chi connectivity index (χ4n) is 4.10. The van der Waals surface area contributed by atoms with Gasteiger partial charge < -0.3 is 10.3 Å². The molecule has 3 aromatic carbocycles. The topological polar surface area (TPSA) is 94.9 Å². The largest absolute Gasteiger partial charge is 0.351 e. The van der Waals surface area contributed by atoms with E-state index in [1.165, 1.54) is 12.1 Å². The number of carbonyl (C=O) groups excluding carboxylic acids is 1. The maximum atomic E-state index is 14.1. The van der Waals surface area contributed by atoms with E-state index in [9.17, 15) is 9.18 Å². The van der Waals surface area contributed by atoms with Gasteiger partial charge in [-0.05, 0) is 77.7 Å². The molecule has 176 valence electrons. The van der Waals surface area contributed by atoms with Crippen molar-refractivity contribution in [1.82, 2.24) is 15.3 Å². The molecule has 1 amide bonds. The van der Waals surface area contributed by atoms with Gasteiger partial charge >= 0.3 is 0 Å². The van der Waals surface area contributed by atoms with Crippen molar-refractivity contribution in [2.45, 2.75) is 25.8 Å². The van der Waals surface area contributed by atoms with E-state index in [2.05, 4.69) is 25.7 Å². The Morgan fingerprint density at radius 3 is 2.71 bits per heavy atom. The van der Waals surface area contributed by atoms with Crippen LogP contribution in [0, 0.1) is 19.7 Å². The third kappa shape index (κ3) is 4.70. The number of carbonyl (C=O) groups is 1. The lowest BCUT2D eigenvalue weighted by atomic mass is 9.98. The summed E-state index contributed by atoms with van der Waals surface area (Å²) in [6.07, 6.45) is 1.60. The molecule has 0 spiro atoms. The first-order chi connectivity index (χ1) is 16.9. The molecular formula is C26H22ClFN6O. The van der Waals surface area contributed by atoms with Gasteiger partial charge in [-0.3, -0.25) is 4.79 Å². The second-order valence-electron chi connectivity index (χ2n) is 8.55. The van der Waals surface area contributed by atoms with Crippen LogP contribution >= 0.6 is 11.6 Å². The van der Waals surface area contributed by atoms with Crippen molar-refractivity contribution < 1.29 is 9.18 Å². The van der Waals surface area contributed by atoms with Crippen molar-refractivity contribution in [1.29, 1.82) is 0 Å². The van der Waals surface area contributed by atoms with Gasteiger partial charge in [-0.1, -0.05) is 29.8 Å². The molecule has 9 heteroatoms. The highest BCUT2D eigenvalue weighted by Gasteiger charge is 2.22. The number of benzene rings is 3. The Morgan fingerprint density at radius 1 is 1.14 bits per heavy atom. The molecule has 1 aliphatic heterocycles. The first-order valence-electron chi connectivity index (χ1n) is 11.1. The van der Waals surface area contributed by atoms with E-state index in [0.29, 0.717) is 22.0 Å². The molecule has 2 N–H and O–H groups in total. The van der Waals surface area contributed by atoms with Crippen LogP contribution in [0.5, 0.6) is 0 Å². The van der Waals surface area contributed by atoms with Gasteiger partial charge in [0.15, 0.2) is 0 Å². The summed E-state index contributed by atoms with van der Waals surface area (Å²) in [4.78, 5) is 21.1. The summed E-state index contributed by atoms with van der Waals surface area (Å²) in [6.45, 7) is 4.27. The van der Waals surface area contributed by atoms with Gasteiger partial charge in [0, 0.05) is 6.54 Å². The molecule has 2 atom stereocenters. The summed E-state index contributed by atoms with van der Waals surface area (Å²) in [6, 6.07) is 15.2. The molecule has 0 saturated heterocycles. The van der Waals surface area contributed by atoms with E-state index in [4.69, 9.17) is 16.6 Å². The molecule has 7 nitrogen and oxygen atoms in total. The number of hydrogen-bond donors (Lipinski definition) is 2.